The molecule has 2 aromatic rings. The van der Waals surface area contributed by atoms with E-state index >= 15 is 0 Å². The maximum absolute atomic E-state index is 13.5. The Morgan fingerprint density at radius 3 is 2.26 bits per heavy atom. The predicted molar refractivity (Wildman–Crippen MR) is 132 cm³/mol. The number of hydrogen-bond donors (Lipinski definition) is 0. The second-order valence-electron chi connectivity index (χ2n) is 9.30. The van der Waals surface area contributed by atoms with Crippen molar-refractivity contribution in [3.8, 4) is 11.6 Å². The van der Waals surface area contributed by atoms with E-state index in [0.29, 0.717) is 5.88 Å². The first-order valence-corrected chi connectivity index (χ1v) is 12.0. The van der Waals surface area contributed by atoms with Crippen molar-refractivity contribution in [1.82, 2.24) is 4.98 Å². The topological polar surface area (TPSA) is 78.0 Å². The summed E-state index contributed by atoms with van der Waals surface area (Å²) in [6, 6.07) is 6.00. The van der Waals surface area contributed by atoms with Gasteiger partial charge in [-0.05, 0) is 71.6 Å². The molecule has 0 spiro atoms. The predicted octanol–water partition coefficient (Wildman–Crippen LogP) is 6.12. The molecule has 3 rings (SSSR count). The molecule has 1 atom stereocenters. The van der Waals surface area contributed by atoms with E-state index in [9.17, 15) is 9.59 Å². The second kappa shape index (κ2) is 10.5. The lowest BCUT2D eigenvalue weighted by Gasteiger charge is -2.38. The zero-order valence-electron chi connectivity index (χ0n) is 21.5. The second-order valence-corrected chi connectivity index (χ2v) is 9.30. The molecule has 0 saturated carbocycles. The summed E-state index contributed by atoms with van der Waals surface area (Å²) < 4.78 is 17.1. The van der Waals surface area contributed by atoms with Crippen LogP contribution < -0.4 is 9.64 Å². The zero-order valence-corrected chi connectivity index (χ0v) is 21.5. The van der Waals surface area contributed by atoms with Gasteiger partial charge in [-0.2, -0.15) is 0 Å². The Morgan fingerprint density at radius 2 is 1.71 bits per heavy atom. The Labute approximate surface area is 202 Å². The normalized spacial score (nSPS) is 15.5. The van der Waals surface area contributed by atoms with Crippen LogP contribution in [0.4, 0.5) is 10.5 Å². The monoisotopic (exact) mass is 468 g/mol. The molecule has 2 heterocycles. The van der Waals surface area contributed by atoms with Gasteiger partial charge in [0.05, 0.1) is 11.8 Å². The quantitative estimate of drug-likeness (QED) is 0.456. The summed E-state index contributed by atoms with van der Waals surface area (Å²) in [6.07, 6.45) is -0.508. The van der Waals surface area contributed by atoms with E-state index in [2.05, 4.69) is 17.1 Å². The van der Waals surface area contributed by atoms with Crippen molar-refractivity contribution in [2.75, 3.05) is 4.90 Å². The molecule has 1 unspecified atom stereocenters. The molecule has 0 bridgehead atoms. The molecule has 1 aromatic heterocycles. The summed E-state index contributed by atoms with van der Waals surface area (Å²) in [7, 11) is 0. The first kappa shape index (κ1) is 25.5. The number of carbonyl (C=O) groups is 2. The van der Waals surface area contributed by atoms with Crippen LogP contribution in [0.1, 0.15) is 68.5 Å². The van der Waals surface area contributed by atoms with E-state index in [1.54, 1.807) is 18.7 Å². The summed E-state index contributed by atoms with van der Waals surface area (Å²) >= 11 is 0. The van der Waals surface area contributed by atoms with Crippen molar-refractivity contribution in [3.05, 3.63) is 46.1 Å². The molecule has 184 valence electrons. The molecular weight excluding hydrogens is 432 g/mol. The van der Waals surface area contributed by atoms with Gasteiger partial charge in [0.25, 0.3) is 5.91 Å². The third-order valence-electron chi connectivity index (χ3n) is 6.03. The van der Waals surface area contributed by atoms with Gasteiger partial charge in [-0.1, -0.05) is 31.5 Å². The number of aryl methyl sites for hydroxylation is 4. The fourth-order valence-corrected chi connectivity index (χ4v) is 4.58. The molecule has 1 aliphatic heterocycles. The molecule has 1 aromatic carbocycles. The van der Waals surface area contributed by atoms with Crippen LogP contribution in [0.15, 0.2) is 18.2 Å². The highest BCUT2D eigenvalue weighted by Crippen LogP contribution is 2.40. The number of aromatic nitrogens is 1. The van der Waals surface area contributed by atoms with Gasteiger partial charge in [0, 0.05) is 23.7 Å². The van der Waals surface area contributed by atoms with Crippen LogP contribution in [0.25, 0.3) is 0 Å². The van der Waals surface area contributed by atoms with Gasteiger partial charge in [-0.25, -0.2) is 9.78 Å². The van der Waals surface area contributed by atoms with Gasteiger partial charge in [0.1, 0.15) is 5.75 Å². The minimum absolute atomic E-state index is 0.0451. The van der Waals surface area contributed by atoms with Gasteiger partial charge >= 0.3 is 6.16 Å². The number of pyridine rings is 1. The van der Waals surface area contributed by atoms with Gasteiger partial charge in [-0.15, -0.1) is 0 Å². The van der Waals surface area contributed by atoms with Crippen molar-refractivity contribution in [1.29, 1.82) is 0 Å². The van der Waals surface area contributed by atoms with E-state index in [-0.39, 0.29) is 24.5 Å². The molecule has 7 heteroatoms. The maximum atomic E-state index is 13.5. The summed E-state index contributed by atoms with van der Waals surface area (Å²) in [5.41, 5.74) is 5.43. The number of amides is 1. The summed E-state index contributed by atoms with van der Waals surface area (Å²) in [5.74, 6) is 0.925. The third-order valence-corrected chi connectivity index (χ3v) is 6.03. The van der Waals surface area contributed by atoms with Crippen LogP contribution in [0.2, 0.25) is 0 Å². The fraction of sp³-hybridized carbons (Fsp3) is 0.519. The highest BCUT2D eigenvalue weighted by atomic mass is 16.7. The molecule has 7 nitrogen and oxygen atoms in total. The number of anilines is 1. The Kier molecular flexibility index (Phi) is 7.85. The first-order valence-electron chi connectivity index (χ1n) is 12.0. The molecular formula is C27H36N2O5. The smallest absolute Gasteiger partial charge is 0.438 e. The molecule has 1 amide bonds. The van der Waals surface area contributed by atoms with Crippen LogP contribution in [-0.2, 0) is 20.7 Å². The zero-order chi connectivity index (χ0) is 25.2. The first-order chi connectivity index (χ1) is 16.0. The van der Waals surface area contributed by atoms with Crippen molar-refractivity contribution in [2.45, 2.75) is 92.9 Å². The van der Waals surface area contributed by atoms with Crippen LogP contribution >= 0.6 is 0 Å². The molecule has 0 saturated heterocycles. The largest absolute Gasteiger partial charge is 0.509 e. The van der Waals surface area contributed by atoms with Crippen LogP contribution in [0.3, 0.4) is 0 Å². The minimum atomic E-state index is -1.01. The fourth-order valence-electron chi connectivity index (χ4n) is 4.58. The molecule has 0 fully saturated rings. The number of nitrogens with zero attached hydrogens (tertiary/aromatic N) is 2. The van der Waals surface area contributed by atoms with Gasteiger partial charge in [0.2, 0.25) is 5.88 Å². The van der Waals surface area contributed by atoms with Gasteiger partial charge < -0.3 is 19.1 Å². The number of carbonyl (C=O) groups excluding carboxylic acids is 2. The third kappa shape index (κ3) is 5.34. The lowest BCUT2D eigenvalue weighted by molar-refractivity contribution is -0.129. The van der Waals surface area contributed by atoms with Crippen molar-refractivity contribution in [2.24, 2.45) is 0 Å². The number of rotatable bonds is 7. The Morgan fingerprint density at radius 1 is 1.09 bits per heavy atom. The number of benzene rings is 1. The van der Waals surface area contributed by atoms with Crippen LogP contribution in [-0.4, -0.2) is 35.3 Å². The number of fused-ring (bicyclic) bond motifs is 1. The lowest BCUT2D eigenvalue weighted by Crippen LogP contribution is -2.51. The Bertz CT molecular complexity index is 1050. The van der Waals surface area contributed by atoms with Crippen LogP contribution in [0.5, 0.6) is 11.6 Å². The standard InChI is InChI=1S/C27H36N2O5/c1-9-20(10-2)29-22-13-19(8)28-25(34-24-17(6)11-16(5)12-18(24)7)21(22)14-23(26(29)30)33-27(31)32-15(3)4/h11-13,15,20,23H,9-10,14H2,1-8H3. The Hall–Kier alpha value is -3.09. The molecule has 34 heavy (non-hydrogen) atoms. The summed E-state index contributed by atoms with van der Waals surface area (Å²) in [6.45, 7) is 15.5. The summed E-state index contributed by atoms with van der Waals surface area (Å²) in [5, 5.41) is 0. The lowest BCUT2D eigenvalue weighted by atomic mass is 9.96. The highest BCUT2D eigenvalue weighted by Gasteiger charge is 2.40. The molecule has 0 radical (unpaired) electrons. The van der Waals surface area contributed by atoms with Crippen molar-refractivity contribution >= 4 is 17.7 Å². The van der Waals surface area contributed by atoms with Gasteiger partial charge in [0.15, 0.2) is 6.10 Å². The van der Waals surface area contributed by atoms with E-state index in [1.807, 2.05) is 47.6 Å². The van der Waals surface area contributed by atoms with Gasteiger partial charge in [-0.3, -0.25) is 4.79 Å². The highest BCUT2D eigenvalue weighted by molar-refractivity contribution is 6.01. The average Bonchev–Trinajstić information content (AvgIpc) is 2.73. The molecule has 0 N–H and O–H groups in total. The van der Waals surface area contributed by atoms with E-state index in [0.717, 1.165) is 52.2 Å². The van der Waals surface area contributed by atoms with E-state index in [4.69, 9.17) is 14.2 Å². The van der Waals surface area contributed by atoms with Crippen molar-refractivity contribution < 1.29 is 23.8 Å². The SMILES string of the molecule is CCC(CC)N1C(=O)C(OC(=O)OC(C)C)Cc2c1cc(C)nc2Oc1c(C)cc(C)cc1C. The van der Waals surface area contributed by atoms with E-state index in [1.165, 1.54) is 0 Å². The number of ether oxygens (including phenoxy) is 3. The number of hydrogen-bond acceptors (Lipinski definition) is 6. The summed E-state index contributed by atoms with van der Waals surface area (Å²) in [4.78, 5) is 32.3. The molecule has 0 aliphatic carbocycles. The maximum Gasteiger partial charge on any atom is 0.509 e. The van der Waals surface area contributed by atoms with E-state index < -0.39 is 12.3 Å². The van der Waals surface area contributed by atoms with Crippen molar-refractivity contribution in [3.63, 3.8) is 0 Å². The molecule has 1 aliphatic rings. The van der Waals surface area contributed by atoms with Crippen LogP contribution in [0, 0.1) is 27.7 Å². The minimum Gasteiger partial charge on any atom is -0.438 e. The average molecular weight is 469 g/mol. The Balaban J connectivity index is 2.10.